The standard InChI is InChI=1S/C13H17ClN2O/c14-11-5-3-10(4-6-11)12(13(15)17)8-16-7-9-1-2-9/h3-6,9,12,16H,1-2,7-8H2,(H2,15,17)/t12-/m0/s1. The van der Waals surface area contributed by atoms with Gasteiger partial charge >= 0.3 is 0 Å². The van der Waals surface area contributed by atoms with Crippen molar-refractivity contribution < 1.29 is 4.79 Å². The van der Waals surface area contributed by atoms with Crippen molar-refractivity contribution in [2.24, 2.45) is 11.7 Å². The summed E-state index contributed by atoms with van der Waals surface area (Å²) in [7, 11) is 0. The second-order valence-electron chi connectivity index (χ2n) is 4.61. The average Bonchev–Trinajstić information content (AvgIpc) is 3.09. The number of carbonyl (C=O) groups excluding carboxylic acids is 1. The van der Waals surface area contributed by atoms with E-state index in [4.69, 9.17) is 17.3 Å². The largest absolute Gasteiger partial charge is 0.369 e. The molecule has 0 saturated heterocycles. The molecule has 0 spiro atoms. The lowest BCUT2D eigenvalue weighted by Gasteiger charge is -2.14. The Morgan fingerprint density at radius 3 is 2.59 bits per heavy atom. The maximum atomic E-state index is 11.4. The summed E-state index contributed by atoms with van der Waals surface area (Å²) in [6, 6.07) is 7.29. The Morgan fingerprint density at radius 2 is 2.06 bits per heavy atom. The zero-order valence-electron chi connectivity index (χ0n) is 9.66. The molecule has 1 aliphatic carbocycles. The summed E-state index contributed by atoms with van der Waals surface area (Å²) < 4.78 is 0. The Kier molecular flexibility index (Phi) is 4.02. The molecular weight excluding hydrogens is 236 g/mol. The zero-order chi connectivity index (χ0) is 12.3. The van der Waals surface area contributed by atoms with Crippen molar-refractivity contribution >= 4 is 17.5 Å². The van der Waals surface area contributed by atoms with E-state index >= 15 is 0 Å². The lowest BCUT2D eigenvalue weighted by atomic mass is 9.98. The molecular formula is C13H17ClN2O. The quantitative estimate of drug-likeness (QED) is 0.813. The van der Waals surface area contributed by atoms with Crippen molar-refractivity contribution in [3.05, 3.63) is 34.9 Å². The van der Waals surface area contributed by atoms with Gasteiger partial charge in [-0.1, -0.05) is 23.7 Å². The van der Waals surface area contributed by atoms with Crippen LogP contribution in [0.1, 0.15) is 24.3 Å². The van der Waals surface area contributed by atoms with Gasteiger partial charge in [0.05, 0.1) is 5.92 Å². The monoisotopic (exact) mass is 252 g/mol. The number of halogens is 1. The van der Waals surface area contributed by atoms with E-state index < -0.39 is 0 Å². The third-order valence-electron chi connectivity index (χ3n) is 3.09. The van der Waals surface area contributed by atoms with Gasteiger partial charge in [0.1, 0.15) is 0 Å². The molecule has 92 valence electrons. The van der Waals surface area contributed by atoms with Crippen molar-refractivity contribution in [3.8, 4) is 0 Å². The van der Waals surface area contributed by atoms with E-state index in [0.29, 0.717) is 11.6 Å². The molecule has 4 heteroatoms. The minimum Gasteiger partial charge on any atom is -0.369 e. The van der Waals surface area contributed by atoms with Gasteiger partial charge < -0.3 is 11.1 Å². The number of nitrogens with two attached hydrogens (primary N) is 1. The predicted octanol–water partition coefficient (Wildman–Crippen LogP) is 1.91. The fourth-order valence-corrected chi connectivity index (χ4v) is 1.96. The van der Waals surface area contributed by atoms with E-state index in [1.807, 2.05) is 12.1 Å². The summed E-state index contributed by atoms with van der Waals surface area (Å²) in [5.41, 5.74) is 6.35. The van der Waals surface area contributed by atoms with Gasteiger partial charge in [-0.05, 0) is 43.0 Å². The highest BCUT2D eigenvalue weighted by Crippen LogP contribution is 2.27. The normalized spacial score (nSPS) is 16.8. The van der Waals surface area contributed by atoms with Crippen LogP contribution in [0.2, 0.25) is 5.02 Å². The molecule has 0 bridgehead atoms. The van der Waals surface area contributed by atoms with Crippen LogP contribution in [0.4, 0.5) is 0 Å². The fourth-order valence-electron chi connectivity index (χ4n) is 1.83. The van der Waals surface area contributed by atoms with Gasteiger partial charge in [0.2, 0.25) is 5.91 Å². The minimum atomic E-state index is -0.296. The first-order valence-corrected chi connectivity index (χ1v) is 6.30. The first kappa shape index (κ1) is 12.4. The molecule has 1 fully saturated rings. The number of benzene rings is 1. The molecule has 0 aliphatic heterocycles. The van der Waals surface area contributed by atoms with E-state index in [1.165, 1.54) is 12.8 Å². The summed E-state index contributed by atoms with van der Waals surface area (Å²) in [5, 5.41) is 3.98. The van der Waals surface area contributed by atoms with Crippen LogP contribution in [0.3, 0.4) is 0 Å². The Morgan fingerprint density at radius 1 is 1.41 bits per heavy atom. The molecule has 0 unspecified atom stereocenters. The maximum Gasteiger partial charge on any atom is 0.226 e. The van der Waals surface area contributed by atoms with E-state index in [1.54, 1.807) is 12.1 Å². The van der Waals surface area contributed by atoms with Gasteiger partial charge in [-0.25, -0.2) is 0 Å². The summed E-state index contributed by atoms with van der Waals surface area (Å²) in [5.74, 6) is 0.232. The molecule has 0 heterocycles. The first-order chi connectivity index (χ1) is 8.16. The van der Waals surface area contributed by atoms with Crippen LogP contribution >= 0.6 is 11.6 Å². The zero-order valence-corrected chi connectivity index (χ0v) is 10.4. The third kappa shape index (κ3) is 3.72. The topological polar surface area (TPSA) is 55.1 Å². The molecule has 1 aromatic rings. The number of nitrogens with one attached hydrogen (secondary N) is 1. The Labute approximate surface area is 106 Å². The van der Waals surface area contributed by atoms with Crippen LogP contribution in [-0.2, 0) is 4.79 Å². The number of carbonyl (C=O) groups is 1. The van der Waals surface area contributed by atoms with Gasteiger partial charge in [-0.3, -0.25) is 4.79 Å². The highest BCUT2D eigenvalue weighted by Gasteiger charge is 2.22. The Hall–Kier alpha value is -1.06. The van der Waals surface area contributed by atoms with Crippen LogP contribution in [-0.4, -0.2) is 19.0 Å². The smallest absolute Gasteiger partial charge is 0.226 e. The molecule has 3 N–H and O–H groups in total. The van der Waals surface area contributed by atoms with Crippen molar-refractivity contribution in [2.75, 3.05) is 13.1 Å². The van der Waals surface area contributed by atoms with Crippen LogP contribution in [0.15, 0.2) is 24.3 Å². The van der Waals surface area contributed by atoms with E-state index in [0.717, 1.165) is 18.0 Å². The van der Waals surface area contributed by atoms with Gasteiger partial charge in [-0.15, -0.1) is 0 Å². The molecule has 3 nitrogen and oxygen atoms in total. The molecule has 0 radical (unpaired) electrons. The summed E-state index contributed by atoms with van der Waals surface area (Å²) in [6.45, 7) is 1.59. The van der Waals surface area contributed by atoms with Crippen LogP contribution in [0.5, 0.6) is 0 Å². The number of hydrogen-bond donors (Lipinski definition) is 2. The molecule has 1 amide bonds. The molecule has 1 atom stereocenters. The lowest BCUT2D eigenvalue weighted by molar-refractivity contribution is -0.119. The maximum absolute atomic E-state index is 11.4. The number of amides is 1. The van der Waals surface area contributed by atoms with E-state index in [9.17, 15) is 4.79 Å². The minimum absolute atomic E-state index is 0.272. The molecule has 1 saturated carbocycles. The van der Waals surface area contributed by atoms with Crippen molar-refractivity contribution in [1.82, 2.24) is 5.32 Å². The lowest BCUT2D eigenvalue weighted by Crippen LogP contribution is -2.32. The summed E-state index contributed by atoms with van der Waals surface area (Å²) in [6.07, 6.45) is 2.60. The molecule has 1 aromatic carbocycles. The Balaban J connectivity index is 1.95. The highest BCUT2D eigenvalue weighted by molar-refractivity contribution is 6.30. The SMILES string of the molecule is NC(=O)[C@@H](CNCC1CC1)c1ccc(Cl)cc1. The fraction of sp³-hybridized carbons (Fsp3) is 0.462. The van der Waals surface area contributed by atoms with E-state index in [2.05, 4.69) is 5.32 Å². The van der Waals surface area contributed by atoms with Crippen molar-refractivity contribution in [3.63, 3.8) is 0 Å². The number of primary amides is 1. The first-order valence-electron chi connectivity index (χ1n) is 5.92. The second kappa shape index (κ2) is 5.52. The summed E-state index contributed by atoms with van der Waals surface area (Å²) >= 11 is 5.82. The molecule has 0 aromatic heterocycles. The van der Waals surface area contributed by atoms with E-state index in [-0.39, 0.29) is 11.8 Å². The van der Waals surface area contributed by atoms with Crippen LogP contribution < -0.4 is 11.1 Å². The summed E-state index contributed by atoms with van der Waals surface area (Å²) in [4.78, 5) is 11.4. The Bertz CT molecular complexity index is 387. The number of rotatable bonds is 6. The van der Waals surface area contributed by atoms with Crippen molar-refractivity contribution in [1.29, 1.82) is 0 Å². The predicted molar refractivity (Wildman–Crippen MR) is 69.0 cm³/mol. The molecule has 1 aliphatic rings. The average molecular weight is 253 g/mol. The van der Waals surface area contributed by atoms with Crippen molar-refractivity contribution in [2.45, 2.75) is 18.8 Å². The van der Waals surface area contributed by atoms with Crippen LogP contribution in [0.25, 0.3) is 0 Å². The van der Waals surface area contributed by atoms with Gasteiger partial charge in [0.25, 0.3) is 0 Å². The molecule has 2 rings (SSSR count). The number of hydrogen-bond acceptors (Lipinski definition) is 2. The second-order valence-corrected chi connectivity index (χ2v) is 5.04. The molecule has 17 heavy (non-hydrogen) atoms. The highest BCUT2D eigenvalue weighted by atomic mass is 35.5. The van der Waals surface area contributed by atoms with Gasteiger partial charge in [-0.2, -0.15) is 0 Å². The van der Waals surface area contributed by atoms with Gasteiger partial charge in [0, 0.05) is 11.6 Å². The van der Waals surface area contributed by atoms with Crippen LogP contribution in [0, 0.1) is 5.92 Å². The van der Waals surface area contributed by atoms with Gasteiger partial charge in [0.15, 0.2) is 0 Å². The third-order valence-corrected chi connectivity index (χ3v) is 3.35.